The maximum Gasteiger partial charge on any atom is 0.410 e. The number of ether oxygens (including phenoxy) is 1. The van der Waals surface area contributed by atoms with Crippen molar-refractivity contribution in [3.8, 4) is 0 Å². The van der Waals surface area contributed by atoms with Crippen LogP contribution in [0, 0.1) is 0 Å². The van der Waals surface area contributed by atoms with E-state index in [-0.39, 0.29) is 12.0 Å². The number of fused-ring (bicyclic) bond motifs is 3. The average molecular weight is 375 g/mol. The number of carbonyl (C=O) groups excluding carboxylic acids is 1. The number of likely N-dealkylation sites (tertiary alicyclic amines) is 1. The van der Waals surface area contributed by atoms with E-state index in [1.165, 1.54) is 0 Å². The van der Waals surface area contributed by atoms with Crippen molar-refractivity contribution >= 4 is 22.9 Å². The first-order chi connectivity index (χ1) is 13.8. The molecule has 0 radical (unpaired) electrons. The van der Waals surface area contributed by atoms with Gasteiger partial charge < -0.3 is 14.6 Å². The Bertz CT molecular complexity index is 1120. The summed E-state index contributed by atoms with van der Waals surface area (Å²) in [4.78, 5) is 26.5. The summed E-state index contributed by atoms with van der Waals surface area (Å²) in [5.74, 6) is 0.216. The van der Waals surface area contributed by atoms with Crippen LogP contribution in [-0.4, -0.2) is 43.4 Å². The van der Waals surface area contributed by atoms with Gasteiger partial charge in [-0.15, -0.1) is 0 Å². The minimum absolute atomic E-state index is 0.216. The molecule has 3 aromatic heterocycles. The van der Waals surface area contributed by atoms with Gasteiger partial charge in [0.25, 0.3) is 0 Å². The second kappa shape index (κ2) is 6.99. The van der Waals surface area contributed by atoms with Gasteiger partial charge in [0.1, 0.15) is 6.61 Å². The van der Waals surface area contributed by atoms with Crippen LogP contribution < -0.4 is 0 Å². The number of benzene rings is 1. The molecule has 4 aromatic rings. The van der Waals surface area contributed by atoms with E-state index in [4.69, 9.17) is 4.74 Å². The fraction of sp³-hybridized carbons (Fsp3) is 0.286. The molecule has 1 aliphatic rings. The highest BCUT2D eigenvalue weighted by molar-refractivity contribution is 5.74. The summed E-state index contributed by atoms with van der Waals surface area (Å²) in [5.41, 5.74) is 4.78. The summed E-state index contributed by atoms with van der Waals surface area (Å²) in [6.45, 7) is 1.66. The van der Waals surface area contributed by atoms with Crippen LogP contribution in [0.25, 0.3) is 16.8 Å². The van der Waals surface area contributed by atoms with Crippen molar-refractivity contribution in [2.24, 2.45) is 0 Å². The highest BCUT2D eigenvalue weighted by Gasteiger charge is 2.28. The van der Waals surface area contributed by atoms with Gasteiger partial charge in [-0.1, -0.05) is 30.3 Å². The molecule has 1 N–H and O–H groups in total. The van der Waals surface area contributed by atoms with Crippen molar-refractivity contribution < 1.29 is 9.53 Å². The summed E-state index contributed by atoms with van der Waals surface area (Å²) in [6.07, 6.45) is 7.28. The Morgan fingerprint density at radius 3 is 2.96 bits per heavy atom. The van der Waals surface area contributed by atoms with Gasteiger partial charge in [0.2, 0.25) is 0 Å². The first-order valence-electron chi connectivity index (χ1n) is 9.54. The molecule has 1 unspecified atom stereocenters. The number of H-pyrrole nitrogens is 1. The Morgan fingerprint density at radius 2 is 2.07 bits per heavy atom. The lowest BCUT2D eigenvalue weighted by atomic mass is 9.95. The number of imidazole rings is 1. The van der Waals surface area contributed by atoms with Crippen molar-refractivity contribution in [2.75, 3.05) is 13.1 Å². The van der Waals surface area contributed by atoms with E-state index in [1.54, 1.807) is 6.20 Å². The van der Waals surface area contributed by atoms with Gasteiger partial charge in [0.05, 0.1) is 11.7 Å². The summed E-state index contributed by atoms with van der Waals surface area (Å²) in [6, 6.07) is 11.8. The molecule has 1 aliphatic heterocycles. The van der Waals surface area contributed by atoms with Crippen LogP contribution in [0.2, 0.25) is 0 Å². The fourth-order valence-corrected chi connectivity index (χ4v) is 3.98. The van der Waals surface area contributed by atoms with Crippen molar-refractivity contribution in [3.05, 3.63) is 66.2 Å². The fourth-order valence-electron chi connectivity index (χ4n) is 3.98. The maximum absolute atomic E-state index is 12.6. The zero-order valence-electron chi connectivity index (χ0n) is 15.4. The third kappa shape index (κ3) is 2.98. The average Bonchev–Trinajstić information content (AvgIpc) is 3.39. The number of hydrogen-bond donors (Lipinski definition) is 1. The summed E-state index contributed by atoms with van der Waals surface area (Å²) < 4.78 is 7.67. The molecule has 0 bridgehead atoms. The summed E-state index contributed by atoms with van der Waals surface area (Å²) in [5, 5.41) is 0. The number of piperidine rings is 1. The number of carbonyl (C=O) groups is 1. The monoisotopic (exact) mass is 375 g/mol. The lowest BCUT2D eigenvalue weighted by molar-refractivity contribution is 0.0856. The van der Waals surface area contributed by atoms with Crippen molar-refractivity contribution in [1.82, 2.24) is 24.3 Å². The Kier molecular flexibility index (Phi) is 4.20. The summed E-state index contributed by atoms with van der Waals surface area (Å²) >= 11 is 0. The van der Waals surface area contributed by atoms with E-state index in [0.717, 1.165) is 47.5 Å². The van der Waals surface area contributed by atoms with E-state index in [9.17, 15) is 4.79 Å². The highest BCUT2D eigenvalue weighted by Crippen LogP contribution is 2.29. The van der Waals surface area contributed by atoms with Crippen LogP contribution in [0.3, 0.4) is 0 Å². The zero-order chi connectivity index (χ0) is 18.9. The van der Waals surface area contributed by atoms with E-state index in [2.05, 4.69) is 19.4 Å². The zero-order valence-corrected chi connectivity index (χ0v) is 15.4. The number of aromatic amines is 1. The molecule has 1 atom stereocenters. The molecular weight excluding hydrogens is 354 g/mol. The van der Waals surface area contributed by atoms with Gasteiger partial charge in [-0.25, -0.2) is 14.8 Å². The molecule has 7 heteroatoms. The Labute approximate surface area is 162 Å². The number of hydrogen-bond acceptors (Lipinski definition) is 4. The minimum Gasteiger partial charge on any atom is -0.445 e. The smallest absolute Gasteiger partial charge is 0.410 e. The van der Waals surface area contributed by atoms with Gasteiger partial charge in [-0.3, -0.25) is 4.40 Å². The molecule has 7 nitrogen and oxygen atoms in total. The van der Waals surface area contributed by atoms with Gasteiger partial charge >= 0.3 is 6.09 Å². The first kappa shape index (κ1) is 16.8. The second-order valence-corrected chi connectivity index (χ2v) is 7.17. The summed E-state index contributed by atoms with van der Waals surface area (Å²) in [7, 11) is 0. The largest absolute Gasteiger partial charge is 0.445 e. The van der Waals surface area contributed by atoms with Crippen LogP contribution in [0.1, 0.15) is 30.0 Å². The number of rotatable bonds is 3. The SMILES string of the molecule is O=C(OCc1ccccc1)N1CCCC(c2cnc3cnc4[nH]ccc4n23)C1. The number of nitrogens with one attached hydrogen (secondary N) is 1. The lowest BCUT2D eigenvalue weighted by Gasteiger charge is -2.32. The highest BCUT2D eigenvalue weighted by atomic mass is 16.6. The van der Waals surface area contributed by atoms with Gasteiger partial charge in [-0.05, 0) is 24.5 Å². The molecule has 1 saturated heterocycles. The first-order valence-corrected chi connectivity index (χ1v) is 9.54. The van der Waals surface area contributed by atoms with Crippen LogP contribution in [0.4, 0.5) is 4.79 Å². The van der Waals surface area contributed by atoms with Crippen LogP contribution >= 0.6 is 0 Å². The Hall–Kier alpha value is -3.35. The van der Waals surface area contributed by atoms with E-state index in [0.29, 0.717) is 13.2 Å². The van der Waals surface area contributed by atoms with E-state index in [1.807, 2.05) is 53.7 Å². The Balaban J connectivity index is 1.35. The van der Waals surface area contributed by atoms with Crippen LogP contribution in [0.15, 0.2) is 55.0 Å². The van der Waals surface area contributed by atoms with Gasteiger partial charge in [0, 0.05) is 37.1 Å². The predicted molar refractivity (Wildman–Crippen MR) is 105 cm³/mol. The Morgan fingerprint density at radius 1 is 1.18 bits per heavy atom. The third-order valence-electron chi connectivity index (χ3n) is 5.37. The van der Waals surface area contributed by atoms with E-state index >= 15 is 0 Å². The molecular formula is C21H21N5O2. The molecule has 4 heterocycles. The van der Waals surface area contributed by atoms with Crippen LogP contribution in [-0.2, 0) is 11.3 Å². The quantitative estimate of drug-likeness (QED) is 0.592. The van der Waals surface area contributed by atoms with Gasteiger partial charge in [-0.2, -0.15) is 0 Å². The van der Waals surface area contributed by atoms with Crippen molar-refractivity contribution in [1.29, 1.82) is 0 Å². The number of amides is 1. The topological polar surface area (TPSA) is 75.5 Å². The van der Waals surface area contributed by atoms with Crippen LogP contribution in [0.5, 0.6) is 0 Å². The predicted octanol–water partition coefficient (Wildman–Crippen LogP) is 3.73. The minimum atomic E-state index is -0.254. The normalized spacial score (nSPS) is 17.3. The standard InChI is InChI=1S/C21H21N5O2/c27-21(28-14-15-5-2-1-3-6-15)25-10-4-7-16(13-25)18-11-23-19-12-24-20-17(26(18)19)8-9-22-20/h1-3,5-6,8-9,11-12,16,22H,4,7,10,13-14H2. The number of nitrogens with zero attached hydrogens (tertiary/aromatic N) is 4. The molecule has 0 saturated carbocycles. The lowest BCUT2D eigenvalue weighted by Crippen LogP contribution is -2.39. The molecule has 28 heavy (non-hydrogen) atoms. The van der Waals surface area contributed by atoms with Crippen molar-refractivity contribution in [2.45, 2.75) is 25.4 Å². The van der Waals surface area contributed by atoms with E-state index < -0.39 is 0 Å². The van der Waals surface area contributed by atoms with Crippen molar-refractivity contribution in [3.63, 3.8) is 0 Å². The van der Waals surface area contributed by atoms with Gasteiger partial charge in [0.15, 0.2) is 11.3 Å². The second-order valence-electron chi connectivity index (χ2n) is 7.17. The molecule has 0 spiro atoms. The molecule has 142 valence electrons. The number of aromatic nitrogens is 4. The molecule has 1 aromatic carbocycles. The third-order valence-corrected chi connectivity index (χ3v) is 5.37. The molecule has 1 amide bonds. The maximum atomic E-state index is 12.6. The molecule has 5 rings (SSSR count). The molecule has 1 fully saturated rings. The molecule has 0 aliphatic carbocycles.